The fourth-order valence-corrected chi connectivity index (χ4v) is 4.62. The Kier molecular flexibility index (Phi) is 6.49. The Hall–Kier alpha value is -2.57. The van der Waals surface area contributed by atoms with Gasteiger partial charge in [-0.15, -0.1) is 0 Å². The minimum Gasteiger partial charge on any atom is -0.490 e. The third kappa shape index (κ3) is 5.20. The minimum atomic E-state index is -0.0409. The van der Waals surface area contributed by atoms with E-state index in [1.54, 1.807) is 24.1 Å². The average Bonchev–Trinajstić information content (AvgIpc) is 3.57. The van der Waals surface area contributed by atoms with Gasteiger partial charge in [-0.1, -0.05) is 0 Å². The molecule has 2 aliphatic heterocycles. The van der Waals surface area contributed by atoms with Crippen molar-refractivity contribution < 1.29 is 19.1 Å². The molecule has 0 spiro atoms. The van der Waals surface area contributed by atoms with E-state index in [4.69, 9.17) is 4.74 Å². The number of nitrogens with zero attached hydrogens (tertiary/aromatic N) is 3. The molecule has 7 nitrogen and oxygen atoms in total. The molecular weight excluding hydrogens is 394 g/mol. The highest BCUT2D eigenvalue weighted by atomic mass is 16.5. The number of carbonyl (C=O) groups is 3. The molecule has 1 atom stereocenters. The number of benzene rings is 1. The lowest BCUT2D eigenvalue weighted by Crippen LogP contribution is -2.42. The highest BCUT2D eigenvalue weighted by molar-refractivity contribution is 5.94. The predicted octanol–water partition coefficient (Wildman–Crippen LogP) is 2.41. The second-order valence-corrected chi connectivity index (χ2v) is 9.13. The van der Waals surface area contributed by atoms with Gasteiger partial charge in [-0.05, 0) is 44.0 Å². The van der Waals surface area contributed by atoms with Crippen molar-refractivity contribution in [2.45, 2.75) is 45.1 Å². The first-order chi connectivity index (χ1) is 14.9. The summed E-state index contributed by atoms with van der Waals surface area (Å²) in [4.78, 5) is 42.4. The van der Waals surface area contributed by atoms with E-state index >= 15 is 0 Å². The van der Waals surface area contributed by atoms with Crippen LogP contribution < -0.4 is 4.74 Å². The van der Waals surface area contributed by atoms with E-state index in [-0.39, 0.29) is 29.8 Å². The fraction of sp³-hybridized carbons (Fsp3) is 0.625. The molecule has 3 aliphatic rings. The summed E-state index contributed by atoms with van der Waals surface area (Å²) in [5.74, 6) is 1.68. The lowest BCUT2D eigenvalue weighted by molar-refractivity contribution is -0.134. The van der Waals surface area contributed by atoms with Gasteiger partial charge in [0, 0.05) is 76.4 Å². The van der Waals surface area contributed by atoms with Crippen LogP contribution in [0.1, 0.15) is 49.4 Å². The molecule has 3 fully saturated rings. The Morgan fingerprint density at radius 3 is 2.35 bits per heavy atom. The number of amides is 3. The molecule has 0 N–H and O–H groups in total. The standard InChI is InChI=1S/C24H33N3O4/c1-3-26-16-17(14-22(26)28)15-25(2)23(29)18-6-8-20(9-7-18)31-21-10-12-27(13-11-21)24(30)19-4-5-19/h6-9,17,19,21H,3-5,10-16H2,1-2H3. The Morgan fingerprint density at radius 2 is 1.77 bits per heavy atom. The lowest BCUT2D eigenvalue weighted by Gasteiger charge is -2.32. The Morgan fingerprint density at radius 1 is 1.10 bits per heavy atom. The molecule has 0 radical (unpaired) electrons. The zero-order chi connectivity index (χ0) is 22.0. The molecular formula is C24H33N3O4. The van der Waals surface area contributed by atoms with Crippen molar-refractivity contribution >= 4 is 17.7 Å². The fourth-order valence-electron chi connectivity index (χ4n) is 4.62. The van der Waals surface area contributed by atoms with Gasteiger partial charge in [-0.25, -0.2) is 0 Å². The first-order valence-electron chi connectivity index (χ1n) is 11.5. The third-order valence-electron chi connectivity index (χ3n) is 6.64. The minimum absolute atomic E-state index is 0.0409. The summed E-state index contributed by atoms with van der Waals surface area (Å²) in [7, 11) is 1.79. The van der Waals surface area contributed by atoms with Gasteiger partial charge in [0.25, 0.3) is 5.91 Å². The van der Waals surface area contributed by atoms with E-state index in [9.17, 15) is 14.4 Å². The normalized spacial score (nSPS) is 22.0. The number of likely N-dealkylation sites (tertiary alicyclic amines) is 2. The Balaban J connectivity index is 1.24. The summed E-state index contributed by atoms with van der Waals surface area (Å²) in [5.41, 5.74) is 0.622. The number of piperidine rings is 1. The molecule has 2 saturated heterocycles. The van der Waals surface area contributed by atoms with E-state index in [0.29, 0.717) is 24.4 Å². The van der Waals surface area contributed by atoms with E-state index in [1.807, 2.05) is 28.9 Å². The van der Waals surface area contributed by atoms with Crippen molar-refractivity contribution in [2.75, 3.05) is 39.8 Å². The maximum Gasteiger partial charge on any atom is 0.253 e. The molecule has 1 saturated carbocycles. The van der Waals surface area contributed by atoms with Crippen LogP contribution in [0.5, 0.6) is 5.75 Å². The molecule has 2 heterocycles. The van der Waals surface area contributed by atoms with Crippen molar-refractivity contribution in [2.24, 2.45) is 11.8 Å². The summed E-state index contributed by atoms with van der Waals surface area (Å²) in [6, 6.07) is 7.30. The molecule has 31 heavy (non-hydrogen) atoms. The summed E-state index contributed by atoms with van der Waals surface area (Å²) in [6.07, 6.45) is 4.40. The van der Waals surface area contributed by atoms with Crippen molar-refractivity contribution in [3.63, 3.8) is 0 Å². The maximum absolute atomic E-state index is 12.8. The van der Waals surface area contributed by atoms with Crippen molar-refractivity contribution in [3.05, 3.63) is 29.8 Å². The molecule has 1 aromatic carbocycles. The van der Waals surface area contributed by atoms with Gasteiger partial charge in [0.2, 0.25) is 11.8 Å². The van der Waals surface area contributed by atoms with Gasteiger partial charge in [0.1, 0.15) is 11.9 Å². The van der Waals surface area contributed by atoms with Gasteiger partial charge in [-0.2, -0.15) is 0 Å². The van der Waals surface area contributed by atoms with Crippen LogP contribution in [0.4, 0.5) is 0 Å². The lowest BCUT2D eigenvalue weighted by atomic mass is 10.1. The maximum atomic E-state index is 12.8. The first kappa shape index (κ1) is 21.7. The second-order valence-electron chi connectivity index (χ2n) is 9.13. The number of hydrogen-bond donors (Lipinski definition) is 0. The molecule has 1 unspecified atom stereocenters. The van der Waals surface area contributed by atoms with E-state index in [0.717, 1.165) is 57.6 Å². The first-order valence-corrected chi connectivity index (χ1v) is 11.5. The average molecular weight is 428 g/mol. The summed E-state index contributed by atoms with van der Waals surface area (Å²) in [5, 5.41) is 0. The van der Waals surface area contributed by atoms with Crippen LogP contribution in [-0.2, 0) is 9.59 Å². The molecule has 4 rings (SSSR count). The quantitative estimate of drug-likeness (QED) is 0.670. The van der Waals surface area contributed by atoms with Crippen LogP contribution in [0.15, 0.2) is 24.3 Å². The summed E-state index contributed by atoms with van der Waals surface area (Å²) in [6.45, 7) is 5.55. The van der Waals surface area contributed by atoms with Gasteiger partial charge in [0.05, 0.1) is 0 Å². The van der Waals surface area contributed by atoms with Gasteiger partial charge >= 0.3 is 0 Å². The highest BCUT2D eigenvalue weighted by Crippen LogP contribution is 2.32. The molecule has 7 heteroatoms. The third-order valence-corrected chi connectivity index (χ3v) is 6.64. The summed E-state index contributed by atoms with van der Waals surface area (Å²) >= 11 is 0. The Labute approximate surface area is 184 Å². The van der Waals surface area contributed by atoms with E-state index in [1.165, 1.54) is 0 Å². The largest absolute Gasteiger partial charge is 0.490 e. The van der Waals surface area contributed by atoms with E-state index < -0.39 is 0 Å². The molecule has 168 valence electrons. The highest BCUT2D eigenvalue weighted by Gasteiger charge is 2.35. The van der Waals surface area contributed by atoms with Gasteiger partial charge in [0.15, 0.2) is 0 Å². The molecule has 1 aliphatic carbocycles. The van der Waals surface area contributed by atoms with Crippen LogP contribution >= 0.6 is 0 Å². The SMILES string of the molecule is CCN1CC(CN(C)C(=O)c2ccc(OC3CCN(C(=O)C4CC4)CC3)cc2)CC1=O. The van der Waals surface area contributed by atoms with Gasteiger partial charge in [-0.3, -0.25) is 14.4 Å². The molecule has 0 aromatic heterocycles. The Bertz CT molecular complexity index is 813. The topological polar surface area (TPSA) is 70.2 Å². The second kappa shape index (κ2) is 9.28. The molecule has 0 bridgehead atoms. The van der Waals surface area contributed by atoms with Crippen LogP contribution in [0, 0.1) is 11.8 Å². The zero-order valence-electron chi connectivity index (χ0n) is 18.6. The van der Waals surface area contributed by atoms with E-state index in [2.05, 4.69) is 0 Å². The van der Waals surface area contributed by atoms with Crippen molar-refractivity contribution in [1.82, 2.24) is 14.7 Å². The number of hydrogen-bond acceptors (Lipinski definition) is 4. The van der Waals surface area contributed by atoms with Crippen LogP contribution in [0.3, 0.4) is 0 Å². The summed E-state index contributed by atoms with van der Waals surface area (Å²) < 4.78 is 6.09. The smallest absolute Gasteiger partial charge is 0.253 e. The monoisotopic (exact) mass is 427 g/mol. The zero-order valence-corrected chi connectivity index (χ0v) is 18.6. The number of carbonyl (C=O) groups excluding carboxylic acids is 3. The van der Waals surface area contributed by atoms with Crippen LogP contribution in [0.2, 0.25) is 0 Å². The number of ether oxygens (including phenoxy) is 1. The van der Waals surface area contributed by atoms with Crippen molar-refractivity contribution in [3.8, 4) is 5.75 Å². The van der Waals surface area contributed by atoms with Crippen molar-refractivity contribution in [1.29, 1.82) is 0 Å². The number of rotatable bonds is 7. The predicted molar refractivity (Wildman–Crippen MR) is 117 cm³/mol. The van der Waals surface area contributed by atoms with Gasteiger partial charge < -0.3 is 19.4 Å². The molecule has 3 amide bonds. The van der Waals surface area contributed by atoms with Crippen LogP contribution in [0.25, 0.3) is 0 Å². The molecule has 1 aromatic rings. The van der Waals surface area contributed by atoms with Crippen LogP contribution in [-0.4, -0.2) is 78.3 Å².